The fraction of sp³-hybridized carbons (Fsp3) is 0.429. The van der Waals surface area contributed by atoms with E-state index < -0.39 is 11.9 Å². The standard InChI is InChI=1S/C21H26N6O3/c1-15-12-19(23-16(2)22-15)26-10-8-25(9-11-26)13-18(28)14-27-20(24-30-21(27)29)17-6-4-3-5-7-17/h3-7,12,18,28H,8-11,13-14H2,1-2H3. The van der Waals surface area contributed by atoms with E-state index in [4.69, 9.17) is 4.52 Å². The molecule has 1 aromatic carbocycles. The second-order valence-electron chi connectivity index (χ2n) is 7.60. The molecule has 9 nitrogen and oxygen atoms in total. The van der Waals surface area contributed by atoms with E-state index in [0.29, 0.717) is 12.4 Å². The van der Waals surface area contributed by atoms with Crippen molar-refractivity contribution in [3.63, 3.8) is 0 Å². The minimum absolute atomic E-state index is 0.136. The van der Waals surface area contributed by atoms with Crippen molar-refractivity contribution in [3.05, 3.63) is 58.5 Å². The van der Waals surface area contributed by atoms with Crippen LogP contribution in [0.3, 0.4) is 0 Å². The molecule has 0 spiro atoms. The van der Waals surface area contributed by atoms with Gasteiger partial charge in [-0.25, -0.2) is 14.8 Å². The average Bonchev–Trinajstić information content (AvgIpc) is 3.08. The number of aliphatic hydroxyl groups excluding tert-OH is 1. The van der Waals surface area contributed by atoms with Crippen molar-refractivity contribution in [1.82, 2.24) is 24.6 Å². The largest absolute Gasteiger partial charge is 0.441 e. The van der Waals surface area contributed by atoms with Crippen LogP contribution in [0.2, 0.25) is 0 Å². The maximum atomic E-state index is 12.1. The van der Waals surface area contributed by atoms with Gasteiger partial charge in [0.2, 0.25) is 0 Å². The van der Waals surface area contributed by atoms with Crippen LogP contribution >= 0.6 is 0 Å². The Morgan fingerprint density at radius 3 is 2.50 bits per heavy atom. The highest BCUT2D eigenvalue weighted by Gasteiger charge is 2.22. The topological polar surface area (TPSA) is 101 Å². The van der Waals surface area contributed by atoms with Gasteiger partial charge >= 0.3 is 5.76 Å². The molecule has 1 saturated heterocycles. The third-order valence-electron chi connectivity index (χ3n) is 5.23. The van der Waals surface area contributed by atoms with Gasteiger partial charge in [0.25, 0.3) is 0 Å². The van der Waals surface area contributed by atoms with Gasteiger partial charge in [-0.3, -0.25) is 14.0 Å². The Morgan fingerprint density at radius 2 is 1.80 bits per heavy atom. The van der Waals surface area contributed by atoms with E-state index in [0.717, 1.165) is 49.1 Å². The summed E-state index contributed by atoms with van der Waals surface area (Å²) in [5.74, 6) is 1.59. The summed E-state index contributed by atoms with van der Waals surface area (Å²) < 4.78 is 6.23. The molecule has 2 aromatic heterocycles. The van der Waals surface area contributed by atoms with Crippen molar-refractivity contribution >= 4 is 5.82 Å². The number of aryl methyl sites for hydroxylation is 2. The Hall–Kier alpha value is -3.04. The van der Waals surface area contributed by atoms with Gasteiger partial charge in [0.1, 0.15) is 11.6 Å². The predicted molar refractivity (Wildman–Crippen MR) is 112 cm³/mol. The van der Waals surface area contributed by atoms with Crippen molar-refractivity contribution in [1.29, 1.82) is 0 Å². The van der Waals surface area contributed by atoms with Gasteiger partial charge in [-0.05, 0) is 13.8 Å². The van der Waals surface area contributed by atoms with E-state index >= 15 is 0 Å². The summed E-state index contributed by atoms with van der Waals surface area (Å²) in [4.78, 5) is 25.4. The minimum Gasteiger partial charge on any atom is -0.390 e. The number of β-amino-alcohol motifs (C(OH)–C–C–N with tert-alkyl or cyclic N) is 1. The first kappa shape index (κ1) is 20.2. The highest BCUT2D eigenvalue weighted by Crippen LogP contribution is 2.17. The van der Waals surface area contributed by atoms with Crippen LogP contribution in [0.4, 0.5) is 5.82 Å². The number of hydrogen-bond donors (Lipinski definition) is 1. The smallest absolute Gasteiger partial charge is 0.390 e. The zero-order valence-corrected chi connectivity index (χ0v) is 17.2. The molecule has 3 aromatic rings. The Labute approximate surface area is 174 Å². The van der Waals surface area contributed by atoms with Gasteiger partial charge in [0.05, 0.1) is 12.6 Å². The van der Waals surface area contributed by atoms with Crippen molar-refractivity contribution in [2.45, 2.75) is 26.5 Å². The van der Waals surface area contributed by atoms with Crippen LogP contribution < -0.4 is 10.7 Å². The maximum Gasteiger partial charge on any atom is 0.441 e. The average molecular weight is 410 g/mol. The van der Waals surface area contributed by atoms with Gasteiger partial charge in [-0.2, -0.15) is 0 Å². The lowest BCUT2D eigenvalue weighted by molar-refractivity contribution is 0.0935. The SMILES string of the molecule is Cc1cc(N2CCN(CC(O)Cn3c(-c4ccccc4)noc3=O)CC2)nc(C)n1. The van der Waals surface area contributed by atoms with Crippen LogP contribution in [0.5, 0.6) is 0 Å². The molecule has 1 N–H and O–H groups in total. The number of hydrogen-bond acceptors (Lipinski definition) is 8. The van der Waals surface area contributed by atoms with Crippen molar-refractivity contribution < 1.29 is 9.63 Å². The first-order valence-electron chi connectivity index (χ1n) is 10.1. The molecule has 9 heteroatoms. The lowest BCUT2D eigenvalue weighted by Crippen LogP contribution is -2.49. The van der Waals surface area contributed by atoms with E-state index in [9.17, 15) is 9.90 Å². The summed E-state index contributed by atoms with van der Waals surface area (Å²) in [5.41, 5.74) is 1.74. The summed E-state index contributed by atoms with van der Waals surface area (Å²) in [7, 11) is 0. The Bertz CT molecular complexity index is 1020. The lowest BCUT2D eigenvalue weighted by Gasteiger charge is -2.36. The number of aliphatic hydroxyl groups is 1. The van der Waals surface area contributed by atoms with Gasteiger partial charge in [-0.15, -0.1) is 0 Å². The summed E-state index contributed by atoms with van der Waals surface area (Å²) in [6, 6.07) is 11.3. The van der Waals surface area contributed by atoms with Crippen LogP contribution in [-0.2, 0) is 6.54 Å². The molecule has 0 amide bonds. The molecular weight excluding hydrogens is 384 g/mol. The van der Waals surface area contributed by atoms with Crippen LogP contribution in [-0.4, -0.2) is 68.5 Å². The van der Waals surface area contributed by atoms with Crippen LogP contribution in [0.25, 0.3) is 11.4 Å². The van der Waals surface area contributed by atoms with E-state index in [1.807, 2.05) is 50.2 Å². The Kier molecular flexibility index (Phi) is 5.91. The van der Waals surface area contributed by atoms with E-state index in [1.54, 1.807) is 0 Å². The summed E-state index contributed by atoms with van der Waals surface area (Å²) in [6.07, 6.45) is -0.709. The van der Waals surface area contributed by atoms with Gasteiger partial charge in [-0.1, -0.05) is 35.5 Å². The van der Waals surface area contributed by atoms with Crippen LogP contribution in [0.15, 0.2) is 45.7 Å². The predicted octanol–water partition coefficient (Wildman–Crippen LogP) is 1.09. The molecule has 0 bridgehead atoms. The number of rotatable bonds is 6. The molecule has 30 heavy (non-hydrogen) atoms. The molecule has 0 saturated carbocycles. The van der Waals surface area contributed by atoms with E-state index in [1.165, 1.54) is 4.57 Å². The second kappa shape index (κ2) is 8.76. The highest BCUT2D eigenvalue weighted by atomic mass is 16.5. The van der Waals surface area contributed by atoms with Crippen LogP contribution in [0, 0.1) is 13.8 Å². The molecule has 1 fully saturated rings. The highest BCUT2D eigenvalue weighted by molar-refractivity contribution is 5.54. The lowest BCUT2D eigenvalue weighted by atomic mass is 10.2. The molecular formula is C21H26N6O3. The molecule has 0 aliphatic carbocycles. The number of aromatic nitrogens is 4. The molecule has 1 unspecified atom stereocenters. The Balaban J connectivity index is 1.36. The number of nitrogens with zero attached hydrogens (tertiary/aromatic N) is 6. The third-order valence-corrected chi connectivity index (χ3v) is 5.23. The molecule has 1 aliphatic rings. The number of benzene rings is 1. The van der Waals surface area contributed by atoms with Crippen molar-refractivity contribution in [3.8, 4) is 11.4 Å². The van der Waals surface area contributed by atoms with Crippen molar-refractivity contribution in [2.75, 3.05) is 37.6 Å². The quantitative estimate of drug-likeness (QED) is 0.645. The molecule has 1 atom stereocenters. The third kappa shape index (κ3) is 4.58. The summed E-state index contributed by atoms with van der Waals surface area (Å²) in [6.45, 7) is 7.75. The van der Waals surface area contributed by atoms with Gasteiger partial charge < -0.3 is 10.0 Å². The summed E-state index contributed by atoms with van der Waals surface area (Å²) >= 11 is 0. The zero-order chi connectivity index (χ0) is 21.1. The number of anilines is 1. The maximum absolute atomic E-state index is 12.1. The monoisotopic (exact) mass is 410 g/mol. The molecule has 158 valence electrons. The zero-order valence-electron chi connectivity index (χ0n) is 17.2. The molecule has 4 rings (SSSR count). The summed E-state index contributed by atoms with van der Waals surface area (Å²) in [5, 5.41) is 14.5. The minimum atomic E-state index is -0.709. The number of piperazine rings is 1. The van der Waals surface area contributed by atoms with E-state index in [-0.39, 0.29) is 6.54 Å². The fourth-order valence-electron chi connectivity index (χ4n) is 3.81. The Morgan fingerprint density at radius 1 is 1.07 bits per heavy atom. The molecule has 1 aliphatic heterocycles. The normalized spacial score (nSPS) is 16.0. The van der Waals surface area contributed by atoms with Gasteiger partial charge in [0.15, 0.2) is 5.82 Å². The van der Waals surface area contributed by atoms with E-state index in [2.05, 4.69) is 24.9 Å². The second-order valence-corrected chi connectivity index (χ2v) is 7.60. The molecule has 0 radical (unpaired) electrons. The first-order valence-corrected chi connectivity index (χ1v) is 10.1. The first-order chi connectivity index (χ1) is 14.5. The van der Waals surface area contributed by atoms with Crippen molar-refractivity contribution in [2.24, 2.45) is 0 Å². The van der Waals surface area contributed by atoms with Gasteiger partial charge in [0, 0.05) is 50.0 Å². The fourth-order valence-corrected chi connectivity index (χ4v) is 3.81. The molecule has 3 heterocycles. The van der Waals surface area contributed by atoms with Crippen LogP contribution in [0.1, 0.15) is 11.5 Å².